The standard InChI is InChI=1S/C13H18IN3O3/c1-17(11-10(14)12(18)16-8-15-11)9-2-4-13(5-3-9)19-6-7-20-13/h8-9H,2-7H2,1H3,(H,15,16,18). The number of nitrogens with one attached hydrogen (secondary N) is 1. The molecule has 0 amide bonds. The summed E-state index contributed by atoms with van der Waals surface area (Å²) < 4.78 is 12.1. The van der Waals surface area contributed by atoms with E-state index in [-0.39, 0.29) is 11.3 Å². The van der Waals surface area contributed by atoms with Gasteiger partial charge in [0.25, 0.3) is 5.56 Å². The number of hydrogen-bond donors (Lipinski definition) is 1. The topological polar surface area (TPSA) is 67.5 Å². The summed E-state index contributed by atoms with van der Waals surface area (Å²) in [5.74, 6) is 0.412. The first-order chi connectivity index (χ1) is 9.61. The Morgan fingerprint density at radius 1 is 1.40 bits per heavy atom. The van der Waals surface area contributed by atoms with Crippen LogP contribution in [-0.2, 0) is 9.47 Å². The Balaban J connectivity index is 1.71. The monoisotopic (exact) mass is 391 g/mol. The van der Waals surface area contributed by atoms with Crippen molar-refractivity contribution in [3.63, 3.8) is 0 Å². The summed E-state index contributed by atoms with van der Waals surface area (Å²) >= 11 is 2.05. The van der Waals surface area contributed by atoms with Gasteiger partial charge in [-0.3, -0.25) is 4.79 Å². The lowest BCUT2D eigenvalue weighted by Gasteiger charge is -2.39. The largest absolute Gasteiger partial charge is 0.356 e. The zero-order chi connectivity index (χ0) is 14.2. The van der Waals surface area contributed by atoms with Gasteiger partial charge >= 0.3 is 0 Å². The van der Waals surface area contributed by atoms with Crippen LogP contribution in [0.1, 0.15) is 25.7 Å². The van der Waals surface area contributed by atoms with E-state index in [1.807, 2.05) is 7.05 Å². The highest BCUT2D eigenvalue weighted by molar-refractivity contribution is 14.1. The minimum absolute atomic E-state index is 0.0859. The number of rotatable bonds is 2. The van der Waals surface area contributed by atoms with Gasteiger partial charge in [0.1, 0.15) is 9.39 Å². The van der Waals surface area contributed by atoms with Gasteiger partial charge in [-0.2, -0.15) is 0 Å². The van der Waals surface area contributed by atoms with Crippen LogP contribution >= 0.6 is 22.6 Å². The number of halogens is 1. The van der Waals surface area contributed by atoms with E-state index in [0.29, 0.717) is 22.8 Å². The number of H-pyrrole nitrogens is 1. The lowest BCUT2D eigenvalue weighted by Crippen LogP contribution is -2.43. The molecular weight excluding hydrogens is 373 g/mol. The molecule has 0 radical (unpaired) electrons. The Kier molecular flexibility index (Phi) is 4.00. The van der Waals surface area contributed by atoms with Crippen molar-refractivity contribution in [1.82, 2.24) is 9.97 Å². The normalized spacial score (nSPS) is 22.3. The van der Waals surface area contributed by atoms with Crippen LogP contribution in [0.5, 0.6) is 0 Å². The molecule has 3 rings (SSSR count). The number of aromatic amines is 1. The van der Waals surface area contributed by atoms with E-state index in [1.54, 1.807) is 0 Å². The number of aromatic nitrogens is 2. The van der Waals surface area contributed by atoms with Crippen LogP contribution < -0.4 is 10.5 Å². The van der Waals surface area contributed by atoms with E-state index in [2.05, 4.69) is 37.5 Å². The number of anilines is 1. The molecule has 1 saturated heterocycles. The van der Waals surface area contributed by atoms with Crippen molar-refractivity contribution in [2.24, 2.45) is 0 Å². The van der Waals surface area contributed by atoms with Gasteiger partial charge in [0.2, 0.25) is 0 Å². The van der Waals surface area contributed by atoms with Gasteiger partial charge in [0.15, 0.2) is 5.79 Å². The average molecular weight is 391 g/mol. The maximum atomic E-state index is 11.7. The first-order valence-electron chi connectivity index (χ1n) is 6.85. The minimum atomic E-state index is -0.341. The lowest BCUT2D eigenvalue weighted by atomic mass is 9.89. The molecule has 2 aliphatic rings. The summed E-state index contributed by atoms with van der Waals surface area (Å²) in [4.78, 5) is 20.7. The second-order valence-corrected chi connectivity index (χ2v) is 6.40. The molecule has 0 bridgehead atoms. The van der Waals surface area contributed by atoms with Crippen LogP contribution in [0.2, 0.25) is 0 Å². The Hall–Kier alpha value is -0.670. The average Bonchev–Trinajstić information content (AvgIpc) is 2.90. The maximum Gasteiger partial charge on any atom is 0.266 e. The van der Waals surface area contributed by atoms with Gasteiger partial charge in [0, 0.05) is 25.9 Å². The molecule has 0 atom stereocenters. The first kappa shape index (κ1) is 14.3. The molecule has 1 spiro atoms. The summed E-state index contributed by atoms with van der Waals surface area (Å²) in [7, 11) is 2.00. The van der Waals surface area contributed by atoms with Crippen LogP contribution in [0.15, 0.2) is 11.1 Å². The molecule has 0 aromatic carbocycles. The van der Waals surface area contributed by atoms with E-state index in [1.165, 1.54) is 6.33 Å². The summed E-state index contributed by atoms with van der Waals surface area (Å²) in [5, 5.41) is 0. The predicted molar refractivity (Wildman–Crippen MR) is 82.9 cm³/mol. The summed E-state index contributed by atoms with van der Waals surface area (Å²) in [6.07, 6.45) is 5.25. The third kappa shape index (κ3) is 2.58. The van der Waals surface area contributed by atoms with Crippen molar-refractivity contribution in [3.8, 4) is 0 Å². The molecule has 2 heterocycles. The van der Waals surface area contributed by atoms with Crippen LogP contribution in [0.25, 0.3) is 0 Å². The second kappa shape index (κ2) is 5.61. The molecule has 1 aromatic rings. The molecular formula is C13H18IN3O3. The van der Waals surface area contributed by atoms with Gasteiger partial charge < -0.3 is 19.4 Å². The highest BCUT2D eigenvalue weighted by atomic mass is 127. The number of hydrogen-bond acceptors (Lipinski definition) is 5. The van der Waals surface area contributed by atoms with E-state index in [0.717, 1.165) is 31.5 Å². The summed E-state index contributed by atoms with van der Waals surface area (Å²) in [6, 6.07) is 0.372. The van der Waals surface area contributed by atoms with Gasteiger partial charge in [0.05, 0.1) is 19.5 Å². The molecule has 0 unspecified atom stereocenters. The fraction of sp³-hybridized carbons (Fsp3) is 0.692. The third-order valence-corrected chi connectivity index (χ3v) is 5.16. The van der Waals surface area contributed by atoms with Gasteiger partial charge in [-0.05, 0) is 35.4 Å². The maximum absolute atomic E-state index is 11.7. The van der Waals surface area contributed by atoms with Gasteiger partial charge in [-0.15, -0.1) is 0 Å². The third-order valence-electron chi connectivity index (χ3n) is 4.19. The highest BCUT2D eigenvalue weighted by Gasteiger charge is 2.41. The van der Waals surface area contributed by atoms with E-state index in [4.69, 9.17) is 9.47 Å². The fourth-order valence-electron chi connectivity index (χ4n) is 3.01. The summed E-state index contributed by atoms with van der Waals surface area (Å²) in [6.45, 7) is 1.40. The van der Waals surface area contributed by atoms with Crippen LogP contribution in [0, 0.1) is 3.57 Å². The van der Waals surface area contributed by atoms with Crippen molar-refractivity contribution in [2.45, 2.75) is 37.5 Å². The Labute approximate surface area is 131 Å². The quantitative estimate of drug-likeness (QED) is 0.775. The van der Waals surface area contributed by atoms with E-state index >= 15 is 0 Å². The van der Waals surface area contributed by atoms with Crippen molar-refractivity contribution in [3.05, 3.63) is 20.3 Å². The zero-order valence-electron chi connectivity index (χ0n) is 11.4. The van der Waals surface area contributed by atoms with Crippen molar-refractivity contribution in [2.75, 3.05) is 25.2 Å². The smallest absolute Gasteiger partial charge is 0.266 e. The van der Waals surface area contributed by atoms with Crippen LogP contribution in [0.3, 0.4) is 0 Å². The van der Waals surface area contributed by atoms with Crippen molar-refractivity contribution < 1.29 is 9.47 Å². The number of ether oxygens (including phenoxy) is 2. The summed E-state index contributed by atoms with van der Waals surface area (Å²) in [5.41, 5.74) is -0.0859. The molecule has 6 nitrogen and oxygen atoms in total. The molecule has 2 fully saturated rings. The molecule has 1 saturated carbocycles. The molecule has 7 heteroatoms. The second-order valence-electron chi connectivity index (χ2n) is 5.32. The van der Waals surface area contributed by atoms with Crippen molar-refractivity contribution in [1.29, 1.82) is 0 Å². The zero-order valence-corrected chi connectivity index (χ0v) is 13.6. The fourth-order valence-corrected chi connectivity index (χ4v) is 3.68. The van der Waals surface area contributed by atoms with Crippen LogP contribution in [-0.4, -0.2) is 42.1 Å². The highest BCUT2D eigenvalue weighted by Crippen LogP contribution is 2.37. The molecule has 1 aromatic heterocycles. The van der Waals surface area contributed by atoms with Crippen molar-refractivity contribution >= 4 is 28.4 Å². The SMILES string of the molecule is CN(c1nc[nH]c(=O)c1I)C1CCC2(CC1)OCCO2. The molecule has 1 aliphatic carbocycles. The van der Waals surface area contributed by atoms with E-state index in [9.17, 15) is 4.79 Å². The molecule has 110 valence electrons. The Morgan fingerprint density at radius 3 is 2.70 bits per heavy atom. The Bertz CT molecular complexity index is 532. The molecule has 1 N–H and O–H groups in total. The molecule has 20 heavy (non-hydrogen) atoms. The Morgan fingerprint density at radius 2 is 2.05 bits per heavy atom. The number of nitrogens with zero attached hydrogens (tertiary/aromatic N) is 2. The first-order valence-corrected chi connectivity index (χ1v) is 7.93. The van der Waals surface area contributed by atoms with Crippen LogP contribution in [0.4, 0.5) is 5.82 Å². The predicted octanol–water partition coefficient (Wildman–Crippen LogP) is 1.50. The van der Waals surface area contributed by atoms with Gasteiger partial charge in [-0.25, -0.2) is 4.98 Å². The minimum Gasteiger partial charge on any atom is -0.356 e. The molecule has 1 aliphatic heterocycles. The van der Waals surface area contributed by atoms with E-state index < -0.39 is 0 Å². The lowest BCUT2D eigenvalue weighted by molar-refractivity contribution is -0.178. The van der Waals surface area contributed by atoms with Gasteiger partial charge in [-0.1, -0.05) is 0 Å².